The van der Waals surface area contributed by atoms with Gasteiger partial charge in [-0.2, -0.15) is 0 Å². The predicted octanol–water partition coefficient (Wildman–Crippen LogP) is 1.97. The van der Waals surface area contributed by atoms with Crippen LogP contribution in [0.2, 0.25) is 0 Å². The molecule has 3 nitrogen and oxygen atoms in total. The maximum Gasteiger partial charge on any atom is 0.308 e. The topological polar surface area (TPSA) is 40.5 Å². The van der Waals surface area contributed by atoms with Crippen molar-refractivity contribution in [3.05, 3.63) is 0 Å². The van der Waals surface area contributed by atoms with Crippen molar-refractivity contribution in [3.8, 4) is 0 Å². The largest absolute Gasteiger partial charge is 0.481 e. The molecular weight excluding hydrogens is 190 g/mol. The van der Waals surface area contributed by atoms with Crippen molar-refractivity contribution in [2.45, 2.75) is 45.1 Å². The molecule has 2 rings (SSSR count). The summed E-state index contributed by atoms with van der Waals surface area (Å²) in [6, 6.07) is 0.321. The molecule has 1 N–H and O–H groups in total. The summed E-state index contributed by atoms with van der Waals surface area (Å²) in [5, 5.41) is 9.21. The lowest BCUT2D eigenvalue weighted by molar-refractivity contribution is -0.145. The van der Waals surface area contributed by atoms with Crippen molar-refractivity contribution in [3.63, 3.8) is 0 Å². The summed E-state index contributed by atoms with van der Waals surface area (Å²) in [5.41, 5.74) is 0. The molecule has 0 aromatic carbocycles. The number of rotatable bonds is 2. The molecule has 1 heterocycles. The summed E-state index contributed by atoms with van der Waals surface area (Å²) >= 11 is 0. The lowest BCUT2D eigenvalue weighted by Crippen LogP contribution is -2.44. The zero-order valence-corrected chi connectivity index (χ0v) is 9.48. The first-order chi connectivity index (χ1) is 7.18. The minimum Gasteiger partial charge on any atom is -0.481 e. The van der Waals surface area contributed by atoms with E-state index < -0.39 is 5.97 Å². The Morgan fingerprint density at radius 1 is 1.27 bits per heavy atom. The molecule has 15 heavy (non-hydrogen) atoms. The molecule has 0 aromatic heterocycles. The molecule has 1 saturated heterocycles. The van der Waals surface area contributed by atoms with E-state index in [-0.39, 0.29) is 5.92 Å². The molecular formula is C12H21NO2. The highest BCUT2D eigenvalue weighted by molar-refractivity contribution is 5.71. The number of likely N-dealkylation sites (tertiary alicyclic amines) is 1. The van der Waals surface area contributed by atoms with Crippen LogP contribution in [0.5, 0.6) is 0 Å². The minimum absolute atomic E-state index is 0.107. The third kappa shape index (κ3) is 2.33. The van der Waals surface area contributed by atoms with Gasteiger partial charge in [-0.3, -0.25) is 9.69 Å². The number of aliphatic carboxylic acids is 1. The molecule has 0 aromatic rings. The fourth-order valence-electron chi connectivity index (χ4n) is 3.11. The molecule has 1 aliphatic carbocycles. The van der Waals surface area contributed by atoms with Crippen LogP contribution >= 0.6 is 0 Å². The molecule has 0 bridgehead atoms. The van der Waals surface area contributed by atoms with E-state index in [0.29, 0.717) is 6.04 Å². The second kappa shape index (κ2) is 4.52. The quantitative estimate of drug-likeness (QED) is 0.759. The predicted molar refractivity (Wildman–Crippen MR) is 58.7 cm³/mol. The van der Waals surface area contributed by atoms with E-state index in [2.05, 4.69) is 11.8 Å². The van der Waals surface area contributed by atoms with Crippen LogP contribution in [0.15, 0.2) is 0 Å². The lowest BCUT2D eigenvalue weighted by Gasteiger charge is -2.35. The van der Waals surface area contributed by atoms with Gasteiger partial charge in [0, 0.05) is 12.6 Å². The van der Waals surface area contributed by atoms with Gasteiger partial charge >= 0.3 is 5.97 Å². The van der Waals surface area contributed by atoms with Gasteiger partial charge in [0.15, 0.2) is 0 Å². The number of hydrogen-bond donors (Lipinski definition) is 1. The van der Waals surface area contributed by atoms with Gasteiger partial charge in [-0.15, -0.1) is 0 Å². The third-order valence-electron chi connectivity index (χ3n) is 3.97. The monoisotopic (exact) mass is 211 g/mol. The fourth-order valence-corrected chi connectivity index (χ4v) is 3.11. The van der Waals surface area contributed by atoms with E-state index in [4.69, 9.17) is 0 Å². The Morgan fingerprint density at radius 2 is 2.00 bits per heavy atom. The van der Waals surface area contributed by atoms with E-state index >= 15 is 0 Å². The Hall–Kier alpha value is -0.570. The zero-order chi connectivity index (χ0) is 10.8. The summed E-state index contributed by atoms with van der Waals surface area (Å²) in [7, 11) is 0. The lowest BCUT2D eigenvalue weighted by atomic mass is 9.83. The van der Waals surface area contributed by atoms with Crippen molar-refractivity contribution in [1.29, 1.82) is 0 Å². The standard InChI is InChI=1S/C12H21NO2/c1-9-6-7-13(8-9)11-5-3-2-4-10(11)12(14)15/h9-11H,2-8H2,1H3,(H,14,15). The van der Waals surface area contributed by atoms with Gasteiger partial charge < -0.3 is 5.11 Å². The molecule has 3 heteroatoms. The van der Waals surface area contributed by atoms with Gasteiger partial charge in [-0.25, -0.2) is 0 Å². The number of carboxylic acid groups (broad SMARTS) is 1. The van der Waals surface area contributed by atoms with E-state index in [0.717, 1.165) is 38.3 Å². The Balaban J connectivity index is 2.01. The van der Waals surface area contributed by atoms with Crippen molar-refractivity contribution >= 4 is 5.97 Å². The molecule has 2 fully saturated rings. The first kappa shape index (κ1) is 10.9. The number of carboxylic acids is 1. The molecule has 0 amide bonds. The zero-order valence-electron chi connectivity index (χ0n) is 9.48. The van der Waals surface area contributed by atoms with Crippen LogP contribution < -0.4 is 0 Å². The molecule has 2 aliphatic rings. The maximum atomic E-state index is 11.2. The summed E-state index contributed by atoms with van der Waals surface area (Å²) in [5.74, 6) is 0.0599. The average Bonchev–Trinajstić information content (AvgIpc) is 2.65. The molecule has 3 atom stereocenters. The van der Waals surface area contributed by atoms with E-state index in [1.165, 1.54) is 12.8 Å². The van der Waals surface area contributed by atoms with Crippen LogP contribution in [-0.2, 0) is 4.79 Å². The molecule has 0 radical (unpaired) electrons. The van der Waals surface area contributed by atoms with Crippen molar-refractivity contribution < 1.29 is 9.90 Å². The Kier molecular flexibility index (Phi) is 3.29. The molecule has 0 spiro atoms. The van der Waals surface area contributed by atoms with E-state index in [9.17, 15) is 9.90 Å². The van der Waals surface area contributed by atoms with E-state index in [1.54, 1.807) is 0 Å². The molecule has 3 unspecified atom stereocenters. The van der Waals surface area contributed by atoms with E-state index in [1.807, 2.05) is 0 Å². The number of carbonyl (C=O) groups is 1. The first-order valence-corrected chi connectivity index (χ1v) is 6.15. The highest BCUT2D eigenvalue weighted by Gasteiger charge is 2.36. The average molecular weight is 211 g/mol. The third-order valence-corrected chi connectivity index (χ3v) is 3.97. The van der Waals surface area contributed by atoms with Crippen LogP contribution in [-0.4, -0.2) is 35.1 Å². The van der Waals surface area contributed by atoms with Crippen LogP contribution in [0, 0.1) is 11.8 Å². The second-order valence-corrected chi connectivity index (χ2v) is 5.19. The fraction of sp³-hybridized carbons (Fsp3) is 0.917. The smallest absolute Gasteiger partial charge is 0.308 e. The van der Waals surface area contributed by atoms with Gasteiger partial charge in [0.1, 0.15) is 0 Å². The second-order valence-electron chi connectivity index (χ2n) is 5.19. The molecule has 1 saturated carbocycles. The summed E-state index contributed by atoms with van der Waals surface area (Å²) in [4.78, 5) is 13.6. The van der Waals surface area contributed by atoms with Crippen LogP contribution in [0.1, 0.15) is 39.0 Å². The number of nitrogens with zero attached hydrogens (tertiary/aromatic N) is 1. The number of hydrogen-bond acceptors (Lipinski definition) is 2. The normalized spacial score (nSPS) is 38.1. The Morgan fingerprint density at radius 3 is 2.60 bits per heavy atom. The highest BCUT2D eigenvalue weighted by Crippen LogP contribution is 2.31. The van der Waals surface area contributed by atoms with Crippen molar-refractivity contribution in [1.82, 2.24) is 4.90 Å². The van der Waals surface area contributed by atoms with Gasteiger partial charge in [0.25, 0.3) is 0 Å². The highest BCUT2D eigenvalue weighted by atomic mass is 16.4. The SMILES string of the molecule is CC1CCN(C2CCCCC2C(=O)O)C1. The maximum absolute atomic E-state index is 11.2. The van der Waals surface area contributed by atoms with Gasteiger partial charge in [-0.1, -0.05) is 19.8 Å². The summed E-state index contributed by atoms with van der Waals surface area (Å²) in [6.07, 6.45) is 5.51. The van der Waals surface area contributed by atoms with Crippen LogP contribution in [0.3, 0.4) is 0 Å². The van der Waals surface area contributed by atoms with Crippen molar-refractivity contribution in [2.75, 3.05) is 13.1 Å². The summed E-state index contributed by atoms with van der Waals surface area (Å²) in [6.45, 7) is 4.47. The molecule has 1 aliphatic heterocycles. The van der Waals surface area contributed by atoms with Gasteiger partial charge in [0.05, 0.1) is 5.92 Å². The summed E-state index contributed by atoms with van der Waals surface area (Å²) < 4.78 is 0. The Bertz CT molecular complexity index is 242. The van der Waals surface area contributed by atoms with Crippen LogP contribution in [0.4, 0.5) is 0 Å². The van der Waals surface area contributed by atoms with Crippen LogP contribution in [0.25, 0.3) is 0 Å². The molecule has 86 valence electrons. The van der Waals surface area contributed by atoms with Gasteiger partial charge in [-0.05, 0) is 31.7 Å². The first-order valence-electron chi connectivity index (χ1n) is 6.15. The minimum atomic E-state index is -0.584. The Labute approximate surface area is 91.5 Å². The van der Waals surface area contributed by atoms with Crippen molar-refractivity contribution in [2.24, 2.45) is 11.8 Å². The van der Waals surface area contributed by atoms with Gasteiger partial charge in [0.2, 0.25) is 0 Å².